The molecule has 0 fully saturated rings. The average Bonchev–Trinajstić information content (AvgIpc) is 2.45. The van der Waals surface area contributed by atoms with Gasteiger partial charge >= 0.3 is 18.0 Å². The van der Waals surface area contributed by atoms with Crippen molar-refractivity contribution in [2.24, 2.45) is 0 Å². The van der Waals surface area contributed by atoms with E-state index in [1.54, 1.807) is 23.5 Å². The Bertz CT molecular complexity index is 560. The van der Waals surface area contributed by atoms with Crippen molar-refractivity contribution in [2.45, 2.75) is 31.5 Å². The Balaban J connectivity index is 2.77. The summed E-state index contributed by atoms with van der Waals surface area (Å²) in [6, 6.07) is 3.76. The third-order valence-electron chi connectivity index (χ3n) is 3.01. The van der Waals surface area contributed by atoms with Gasteiger partial charge in [0, 0.05) is 6.04 Å². The molecule has 0 aliphatic carbocycles. The van der Waals surface area contributed by atoms with Gasteiger partial charge in [0.1, 0.15) is 0 Å². The maximum atomic E-state index is 12.9. The van der Waals surface area contributed by atoms with Gasteiger partial charge in [-0.05, 0) is 31.0 Å². The molecule has 0 aromatic heterocycles. The number of halogens is 5. The zero-order chi connectivity index (χ0) is 17.8. The van der Waals surface area contributed by atoms with Gasteiger partial charge in [0.2, 0.25) is 0 Å². The van der Waals surface area contributed by atoms with E-state index in [2.05, 4.69) is 0 Å². The van der Waals surface area contributed by atoms with E-state index in [1.807, 2.05) is 0 Å². The van der Waals surface area contributed by atoms with Crippen molar-refractivity contribution in [3.63, 3.8) is 0 Å². The van der Waals surface area contributed by atoms with E-state index in [9.17, 15) is 26.7 Å². The van der Waals surface area contributed by atoms with Gasteiger partial charge in [0.25, 0.3) is 0 Å². The Morgan fingerprint density at radius 2 is 1.70 bits per heavy atom. The van der Waals surface area contributed by atoms with Crippen molar-refractivity contribution in [1.82, 2.24) is 5.32 Å². The van der Waals surface area contributed by atoms with E-state index >= 15 is 0 Å². The predicted octanol–water partition coefficient (Wildman–Crippen LogP) is 2.95. The fourth-order valence-electron chi connectivity index (χ4n) is 1.86. The number of amides is 1. The number of carbonyl (C=O) groups excluding carboxylic acids is 1. The first kappa shape index (κ1) is 19.0. The Morgan fingerprint density at radius 1 is 1.13 bits per heavy atom. The van der Waals surface area contributed by atoms with Gasteiger partial charge in [-0.15, -0.1) is 0 Å². The largest absolute Gasteiger partial charge is 0.493 e. The molecule has 1 amide bonds. The van der Waals surface area contributed by atoms with Crippen molar-refractivity contribution >= 4 is 5.91 Å². The summed E-state index contributed by atoms with van der Waals surface area (Å²) in [7, 11) is 2.83. The minimum atomic E-state index is -5.93. The van der Waals surface area contributed by atoms with Crippen LogP contribution in [-0.2, 0) is 11.2 Å². The Morgan fingerprint density at radius 3 is 2.17 bits per heavy atom. The lowest BCUT2D eigenvalue weighted by molar-refractivity contribution is -0.270. The van der Waals surface area contributed by atoms with E-state index in [0.29, 0.717) is 17.1 Å². The number of alkyl halides is 5. The number of rotatable bonds is 6. The van der Waals surface area contributed by atoms with E-state index in [-0.39, 0.29) is 6.42 Å². The monoisotopic (exact) mass is 341 g/mol. The predicted molar refractivity (Wildman–Crippen MR) is 71.9 cm³/mol. The van der Waals surface area contributed by atoms with Crippen LogP contribution in [0.2, 0.25) is 0 Å². The van der Waals surface area contributed by atoms with Gasteiger partial charge in [0.15, 0.2) is 11.5 Å². The van der Waals surface area contributed by atoms with Gasteiger partial charge in [0.05, 0.1) is 14.2 Å². The number of carbonyl (C=O) groups is 1. The molecule has 1 N–H and O–H groups in total. The molecule has 1 unspecified atom stereocenters. The molecule has 0 bridgehead atoms. The summed E-state index contributed by atoms with van der Waals surface area (Å²) in [6.07, 6.45) is -5.89. The van der Waals surface area contributed by atoms with Gasteiger partial charge in [-0.1, -0.05) is 6.07 Å². The second-order valence-electron chi connectivity index (χ2n) is 4.84. The number of ether oxygens (including phenoxy) is 2. The van der Waals surface area contributed by atoms with Crippen LogP contribution in [0.15, 0.2) is 18.2 Å². The second kappa shape index (κ2) is 7.01. The molecule has 0 heterocycles. The lowest BCUT2D eigenvalue weighted by Crippen LogP contribution is -2.52. The quantitative estimate of drug-likeness (QED) is 0.810. The van der Waals surface area contributed by atoms with Crippen LogP contribution in [0.4, 0.5) is 22.0 Å². The van der Waals surface area contributed by atoms with Crippen molar-refractivity contribution < 1.29 is 36.2 Å². The van der Waals surface area contributed by atoms with Gasteiger partial charge in [-0.2, -0.15) is 22.0 Å². The third-order valence-corrected chi connectivity index (χ3v) is 3.01. The highest BCUT2D eigenvalue weighted by atomic mass is 19.4. The second-order valence-corrected chi connectivity index (χ2v) is 4.84. The van der Waals surface area contributed by atoms with Crippen LogP contribution < -0.4 is 14.8 Å². The maximum absolute atomic E-state index is 12.9. The van der Waals surface area contributed by atoms with Gasteiger partial charge in [-0.25, -0.2) is 0 Å². The Kier molecular flexibility index (Phi) is 5.79. The molecule has 130 valence electrons. The minimum absolute atomic E-state index is 0.0417. The van der Waals surface area contributed by atoms with Crippen LogP contribution in [-0.4, -0.2) is 38.3 Å². The summed E-state index contributed by atoms with van der Waals surface area (Å²) in [5.74, 6) is -6.99. The van der Waals surface area contributed by atoms with Crippen molar-refractivity contribution in [1.29, 1.82) is 0 Å². The van der Waals surface area contributed by atoms with E-state index < -0.39 is 24.0 Å². The molecule has 9 heteroatoms. The summed E-state index contributed by atoms with van der Waals surface area (Å²) in [5, 5.41) is 1.66. The highest BCUT2D eigenvalue weighted by Gasteiger charge is 2.63. The molecule has 4 nitrogen and oxygen atoms in total. The van der Waals surface area contributed by atoms with Crippen molar-refractivity contribution in [2.75, 3.05) is 14.2 Å². The first-order chi connectivity index (χ1) is 10.5. The molecular formula is C14H16F5NO3. The van der Waals surface area contributed by atoms with E-state index in [0.717, 1.165) is 0 Å². The van der Waals surface area contributed by atoms with Crippen LogP contribution in [0.1, 0.15) is 12.5 Å². The first-order valence-electron chi connectivity index (χ1n) is 6.49. The number of hydrogen-bond donors (Lipinski definition) is 1. The molecule has 0 saturated carbocycles. The maximum Gasteiger partial charge on any atom is 0.463 e. The summed E-state index contributed by atoms with van der Waals surface area (Å²) < 4.78 is 72.1. The third kappa shape index (κ3) is 4.46. The fraction of sp³-hybridized carbons (Fsp3) is 0.500. The van der Waals surface area contributed by atoms with E-state index in [4.69, 9.17) is 9.47 Å². The minimum Gasteiger partial charge on any atom is -0.493 e. The summed E-state index contributed by atoms with van der Waals surface area (Å²) in [4.78, 5) is 11.1. The number of hydrogen-bond acceptors (Lipinski definition) is 3. The molecule has 0 saturated heterocycles. The van der Waals surface area contributed by atoms with Crippen molar-refractivity contribution in [3.05, 3.63) is 23.8 Å². The molecule has 1 aromatic rings. The highest BCUT2D eigenvalue weighted by Crippen LogP contribution is 2.35. The smallest absolute Gasteiger partial charge is 0.463 e. The van der Waals surface area contributed by atoms with E-state index in [1.165, 1.54) is 21.1 Å². The Hall–Kier alpha value is -2.06. The molecule has 1 atom stereocenters. The molecule has 0 radical (unpaired) electrons. The van der Waals surface area contributed by atoms with Gasteiger partial charge in [-0.3, -0.25) is 4.79 Å². The topological polar surface area (TPSA) is 47.6 Å². The zero-order valence-corrected chi connectivity index (χ0v) is 12.6. The van der Waals surface area contributed by atoms with Crippen LogP contribution in [0.3, 0.4) is 0 Å². The molecule has 0 aliphatic heterocycles. The SMILES string of the molecule is COc1ccc(CC(C)NC(=O)C(F)(F)C(F)(F)F)cc1OC. The number of benzene rings is 1. The molecule has 1 rings (SSSR count). The standard InChI is InChI=1S/C14H16F5NO3/c1-8(20-12(21)13(15,16)14(17,18)19)6-9-4-5-10(22-2)11(7-9)23-3/h4-5,7-8H,6H2,1-3H3,(H,20,21). The van der Waals surface area contributed by atoms with Crippen LogP contribution >= 0.6 is 0 Å². The number of nitrogens with one attached hydrogen (secondary N) is 1. The summed E-state index contributed by atoms with van der Waals surface area (Å²) in [5.41, 5.74) is 0.575. The summed E-state index contributed by atoms with van der Waals surface area (Å²) in [6.45, 7) is 1.32. The van der Waals surface area contributed by atoms with Crippen LogP contribution in [0.5, 0.6) is 11.5 Å². The lowest BCUT2D eigenvalue weighted by atomic mass is 10.1. The molecule has 0 spiro atoms. The molecule has 1 aromatic carbocycles. The highest BCUT2D eigenvalue weighted by molar-refractivity contribution is 5.84. The lowest BCUT2D eigenvalue weighted by Gasteiger charge is -2.21. The molecule has 23 heavy (non-hydrogen) atoms. The summed E-state index contributed by atoms with van der Waals surface area (Å²) >= 11 is 0. The molecular weight excluding hydrogens is 325 g/mol. The fourth-order valence-corrected chi connectivity index (χ4v) is 1.86. The van der Waals surface area contributed by atoms with Crippen LogP contribution in [0.25, 0.3) is 0 Å². The first-order valence-corrected chi connectivity index (χ1v) is 6.49. The normalized spacial score (nSPS) is 13.4. The molecule has 0 aliphatic rings. The average molecular weight is 341 g/mol. The van der Waals surface area contributed by atoms with Crippen molar-refractivity contribution in [3.8, 4) is 11.5 Å². The zero-order valence-electron chi connectivity index (χ0n) is 12.6. The van der Waals surface area contributed by atoms with Crippen LogP contribution in [0, 0.1) is 0 Å². The van der Waals surface area contributed by atoms with Gasteiger partial charge < -0.3 is 14.8 Å². The number of methoxy groups -OCH3 is 2. The Labute approximate surface area is 129 Å².